The predicted octanol–water partition coefficient (Wildman–Crippen LogP) is 3.11. The fourth-order valence-electron chi connectivity index (χ4n) is 4.10. The summed E-state index contributed by atoms with van der Waals surface area (Å²) in [4.78, 5) is 25.7. The molecule has 0 saturated carbocycles. The lowest BCUT2D eigenvalue weighted by Crippen LogP contribution is -2.34. The zero-order chi connectivity index (χ0) is 21.2. The maximum absolute atomic E-state index is 12.9. The number of aliphatic hydroxyl groups excluding tert-OH is 2. The van der Waals surface area contributed by atoms with Gasteiger partial charge in [-0.05, 0) is 38.1 Å². The minimum Gasteiger partial charge on any atom is -0.455 e. The fraction of sp³-hybridized carbons (Fsp3) is 0.217. The van der Waals surface area contributed by atoms with E-state index in [0.29, 0.717) is 21.9 Å². The first-order chi connectivity index (χ1) is 14.4. The van der Waals surface area contributed by atoms with Gasteiger partial charge in [-0.15, -0.1) is 0 Å². The van der Waals surface area contributed by atoms with E-state index in [-0.39, 0.29) is 22.6 Å². The van der Waals surface area contributed by atoms with Crippen LogP contribution in [0.2, 0.25) is 0 Å². The Morgan fingerprint density at radius 3 is 1.77 bits per heavy atom. The fourth-order valence-corrected chi connectivity index (χ4v) is 4.10. The lowest BCUT2D eigenvalue weighted by atomic mass is 9.84. The number of aliphatic hydroxyl groups is 2. The molecule has 7 nitrogen and oxygen atoms in total. The van der Waals surface area contributed by atoms with Crippen molar-refractivity contribution in [1.82, 2.24) is 0 Å². The molecule has 2 aromatic heterocycles. The standard InChI is InChI=1S/C23H18O7/c1-10-3-5-15-12(7-10)20-18(22(26)28-15)17(14(25)9-24)19-21(30-20)13-8-11(2)4-6-16(13)29-23(19)27/h3-8,14,17,24-25H,9H2,1-2H3. The van der Waals surface area contributed by atoms with Crippen LogP contribution >= 0.6 is 0 Å². The van der Waals surface area contributed by atoms with Gasteiger partial charge in [0.2, 0.25) is 0 Å². The molecular weight excluding hydrogens is 388 g/mol. The molecule has 0 spiro atoms. The maximum atomic E-state index is 12.9. The van der Waals surface area contributed by atoms with Crippen LogP contribution in [0.15, 0.2) is 54.8 Å². The Kier molecular flexibility index (Phi) is 4.06. The molecule has 1 atom stereocenters. The molecule has 4 aromatic rings. The first kappa shape index (κ1) is 18.6. The topological polar surface area (TPSA) is 110 Å². The van der Waals surface area contributed by atoms with Gasteiger partial charge in [-0.1, -0.05) is 23.3 Å². The van der Waals surface area contributed by atoms with Crippen molar-refractivity contribution < 1.29 is 23.8 Å². The van der Waals surface area contributed by atoms with Crippen LogP contribution in [0.25, 0.3) is 21.9 Å². The van der Waals surface area contributed by atoms with E-state index in [2.05, 4.69) is 0 Å². The second-order valence-corrected chi connectivity index (χ2v) is 7.59. The summed E-state index contributed by atoms with van der Waals surface area (Å²) in [6.45, 7) is 3.11. The van der Waals surface area contributed by atoms with E-state index in [4.69, 9.17) is 13.6 Å². The molecule has 2 aromatic carbocycles. The van der Waals surface area contributed by atoms with Gasteiger partial charge in [0.25, 0.3) is 0 Å². The van der Waals surface area contributed by atoms with Gasteiger partial charge in [-0.25, -0.2) is 9.59 Å². The summed E-state index contributed by atoms with van der Waals surface area (Å²) in [7, 11) is 0. The van der Waals surface area contributed by atoms with Crippen LogP contribution in [0.4, 0.5) is 0 Å². The van der Waals surface area contributed by atoms with Crippen molar-refractivity contribution in [3.05, 3.63) is 79.5 Å². The van der Waals surface area contributed by atoms with Gasteiger partial charge in [0, 0.05) is 0 Å². The predicted molar refractivity (Wildman–Crippen MR) is 109 cm³/mol. The zero-order valence-corrected chi connectivity index (χ0v) is 16.3. The highest BCUT2D eigenvalue weighted by Crippen LogP contribution is 2.48. The van der Waals surface area contributed by atoms with E-state index >= 15 is 0 Å². The summed E-state index contributed by atoms with van der Waals surface area (Å²) in [5.74, 6) is -0.734. The summed E-state index contributed by atoms with van der Waals surface area (Å²) < 4.78 is 17.1. The third-order valence-corrected chi connectivity index (χ3v) is 5.49. The Hall–Kier alpha value is -3.42. The van der Waals surface area contributed by atoms with E-state index in [9.17, 15) is 19.8 Å². The Labute approximate surface area is 169 Å². The summed E-state index contributed by atoms with van der Waals surface area (Å²) in [5, 5.41) is 21.4. The summed E-state index contributed by atoms with van der Waals surface area (Å²) in [6, 6.07) is 10.6. The number of aryl methyl sites for hydroxylation is 2. The molecular formula is C23H18O7. The van der Waals surface area contributed by atoms with Gasteiger partial charge in [-0.3, -0.25) is 0 Å². The molecule has 5 rings (SSSR count). The quantitative estimate of drug-likeness (QED) is 0.492. The molecule has 0 fully saturated rings. The molecule has 1 unspecified atom stereocenters. The largest absolute Gasteiger partial charge is 0.455 e. The minimum absolute atomic E-state index is 0.0125. The highest BCUT2D eigenvalue weighted by molar-refractivity contribution is 5.91. The Balaban J connectivity index is 1.95. The number of ether oxygens (including phenoxy) is 1. The molecule has 0 aliphatic carbocycles. The molecule has 2 N–H and O–H groups in total. The van der Waals surface area contributed by atoms with Gasteiger partial charge < -0.3 is 23.8 Å². The summed E-state index contributed by atoms with van der Waals surface area (Å²) >= 11 is 0. The van der Waals surface area contributed by atoms with E-state index in [0.717, 1.165) is 11.1 Å². The second kappa shape index (κ2) is 6.55. The van der Waals surface area contributed by atoms with Crippen LogP contribution in [0.1, 0.15) is 28.2 Å². The summed E-state index contributed by atoms with van der Waals surface area (Å²) in [6.07, 6.45) is -1.43. The van der Waals surface area contributed by atoms with Crippen LogP contribution in [0, 0.1) is 13.8 Å². The molecule has 0 radical (unpaired) electrons. The van der Waals surface area contributed by atoms with Crippen LogP contribution < -0.4 is 16.0 Å². The van der Waals surface area contributed by atoms with Gasteiger partial charge in [0.15, 0.2) is 0 Å². The maximum Gasteiger partial charge on any atom is 0.343 e. The van der Waals surface area contributed by atoms with Crippen LogP contribution in [0.3, 0.4) is 0 Å². The smallest absolute Gasteiger partial charge is 0.343 e. The Morgan fingerprint density at radius 1 is 0.867 bits per heavy atom. The minimum atomic E-state index is -1.43. The van der Waals surface area contributed by atoms with Crippen molar-refractivity contribution in [1.29, 1.82) is 0 Å². The zero-order valence-electron chi connectivity index (χ0n) is 16.3. The number of benzene rings is 2. The Bertz CT molecular complexity index is 1340. The molecule has 1 aliphatic heterocycles. The monoisotopic (exact) mass is 406 g/mol. The van der Waals surface area contributed by atoms with Gasteiger partial charge in [0.05, 0.1) is 40.5 Å². The number of hydrogen-bond donors (Lipinski definition) is 2. The highest BCUT2D eigenvalue weighted by atomic mass is 16.5. The highest BCUT2D eigenvalue weighted by Gasteiger charge is 2.40. The van der Waals surface area contributed by atoms with E-state index in [1.165, 1.54) is 0 Å². The molecule has 0 amide bonds. The van der Waals surface area contributed by atoms with Gasteiger partial charge in [0.1, 0.15) is 22.7 Å². The Morgan fingerprint density at radius 2 is 1.33 bits per heavy atom. The first-order valence-corrected chi connectivity index (χ1v) is 9.50. The first-order valence-electron chi connectivity index (χ1n) is 9.50. The lowest BCUT2D eigenvalue weighted by Gasteiger charge is -2.29. The van der Waals surface area contributed by atoms with Crippen molar-refractivity contribution >= 4 is 21.9 Å². The van der Waals surface area contributed by atoms with Gasteiger partial charge in [-0.2, -0.15) is 0 Å². The van der Waals surface area contributed by atoms with Crippen LogP contribution in [-0.2, 0) is 0 Å². The van der Waals surface area contributed by atoms with E-state index in [1.807, 2.05) is 38.1 Å². The molecule has 30 heavy (non-hydrogen) atoms. The molecule has 3 heterocycles. The summed E-state index contributed by atoms with van der Waals surface area (Å²) in [5.41, 5.74) is 0.979. The van der Waals surface area contributed by atoms with E-state index < -0.39 is 29.9 Å². The lowest BCUT2D eigenvalue weighted by molar-refractivity contribution is 0.0781. The van der Waals surface area contributed by atoms with Crippen molar-refractivity contribution in [2.75, 3.05) is 6.61 Å². The van der Waals surface area contributed by atoms with E-state index in [1.54, 1.807) is 12.1 Å². The number of fused-ring (bicyclic) bond motifs is 6. The molecule has 1 aliphatic rings. The third kappa shape index (κ3) is 2.59. The SMILES string of the molecule is Cc1ccc2oc(=O)c3c(c2c1)Oc1c(c(=O)oc2ccc(C)cc12)C3C(O)CO. The normalized spacial score (nSPS) is 14.4. The molecule has 152 valence electrons. The average molecular weight is 406 g/mol. The average Bonchev–Trinajstić information content (AvgIpc) is 2.73. The molecule has 7 heteroatoms. The van der Waals surface area contributed by atoms with Crippen molar-refractivity contribution in [3.63, 3.8) is 0 Å². The van der Waals surface area contributed by atoms with Crippen molar-refractivity contribution in [2.45, 2.75) is 25.9 Å². The third-order valence-electron chi connectivity index (χ3n) is 5.49. The molecule has 0 bridgehead atoms. The second-order valence-electron chi connectivity index (χ2n) is 7.59. The molecule has 0 saturated heterocycles. The van der Waals surface area contributed by atoms with Gasteiger partial charge >= 0.3 is 11.3 Å². The number of rotatable bonds is 2. The number of hydrogen-bond acceptors (Lipinski definition) is 7. The van der Waals surface area contributed by atoms with Crippen LogP contribution in [0.5, 0.6) is 11.5 Å². The van der Waals surface area contributed by atoms with Crippen LogP contribution in [-0.4, -0.2) is 22.9 Å². The van der Waals surface area contributed by atoms with Crippen molar-refractivity contribution in [3.8, 4) is 11.5 Å². The van der Waals surface area contributed by atoms with Crippen molar-refractivity contribution in [2.24, 2.45) is 0 Å².